The standard InChI is InChI=1S/C18H18N2/c1-12-14-7-3-4-8-15(14)16(11-19-12)18-10-13-6-2-5-9-17(13)20-18/h2-10,12,16,19-20H,11H2,1H3. The second kappa shape index (κ2) is 4.50. The van der Waals surface area contributed by atoms with Crippen LogP contribution in [0.5, 0.6) is 0 Å². The van der Waals surface area contributed by atoms with E-state index in [4.69, 9.17) is 0 Å². The molecule has 1 aromatic heterocycles. The highest BCUT2D eigenvalue weighted by molar-refractivity contribution is 5.80. The van der Waals surface area contributed by atoms with Gasteiger partial charge < -0.3 is 10.3 Å². The van der Waals surface area contributed by atoms with Gasteiger partial charge in [-0.1, -0.05) is 42.5 Å². The Hall–Kier alpha value is -2.06. The van der Waals surface area contributed by atoms with Gasteiger partial charge in [0.1, 0.15) is 0 Å². The number of rotatable bonds is 1. The van der Waals surface area contributed by atoms with Crippen molar-refractivity contribution in [2.75, 3.05) is 6.54 Å². The molecule has 0 saturated heterocycles. The fourth-order valence-corrected chi connectivity index (χ4v) is 3.30. The fourth-order valence-electron chi connectivity index (χ4n) is 3.30. The summed E-state index contributed by atoms with van der Waals surface area (Å²) in [6, 6.07) is 20.0. The summed E-state index contributed by atoms with van der Waals surface area (Å²) in [5.41, 5.74) is 5.39. The Morgan fingerprint density at radius 1 is 0.950 bits per heavy atom. The molecule has 0 aliphatic carbocycles. The summed E-state index contributed by atoms with van der Waals surface area (Å²) < 4.78 is 0. The summed E-state index contributed by atoms with van der Waals surface area (Å²) in [7, 11) is 0. The number of para-hydroxylation sites is 1. The molecule has 2 nitrogen and oxygen atoms in total. The van der Waals surface area contributed by atoms with E-state index in [0.29, 0.717) is 12.0 Å². The highest BCUT2D eigenvalue weighted by Crippen LogP contribution is 2.34. The highest BCUT2D eigenvalue weighted by Gasteiger charge is 2.26. The Kier molecular flexibility index (Phi) is 2.64. The first-order valence-electron chi connectivity index (χ1n) is 7.23. The second-order valence-electron chi connectivity index (χ2n) is 5.62. The van der Waals surface area contributed by atoms with E-state index in [1.54, 1.807) is 0 Å². The molecule has 1 aliphatic heterocycles. The quantitative estimate of drug-likeness (QED) is 0.682. The lowest BCUT2D eigenvalue weighted by Crippen LogP contribution is -2.32. The molecule has 100 valence electrons. The summed E-state index contributed by atoms with van der Waals surface area (Å²) in [5, 5.41) is 4.90. The van der Waals surface area contributed by atoms with E-state index in [1.807, 2.05) is 0 Å². The molecule has 0 radical (unpaired) electrons. The molecular weight excluding hydrogens is 244 g/mol. The average molecular weight is 262 g/mol. The van der Waals surface area contributed by atoms with Crippen molar-refractivity contribution in [1.29, 1.82) is 0 Å². The van der Waals surface area contributed by atoms with E-state index in [9.17, 15) is 0 Å². The molecular formula is C18H18N2. The zero-order chi connectivity index (χ0) is 13.5. The lowest BCUT2D eigenvalue weighted by atomic mass is 9.85. The van der Waals surface area contributed by atoms with Crippen LogP contribution in [0.15, 0.2) is 54.6 Å². The summed E-state index contributed by atoms with van der Waals surface area (Å²) >= 11 is 0. The molecule has 4 rings (SSSR count). The number of nitrogens with one attached hydrogen (secondary N) is 2. The first-order chi connectivity index (χ1) is 9.83. The van der Waals surface area contributed by atoms with Gasteiger partial charge in [0.25, 0.3) is 0 Å². The topological polar surface area (TPSA) is 27.8 Å². The minimum atomic E-state index is 0.412. The maximum absolute atomic E-state index is 3.61. The molecule has 2 N–H and O–H groups in total. The van der Waals surface area contributed by atoms with Gasteiger partial charge in [0.15, 0.2) is 0 Å². The van der Waals surface area contributed by atoms with Crippen LogP contribution in [0.1, 0.15) is 35.7 Å². The largest absolute Gasteiger partial charge is 0.358 e. The van der Waals surface area contributed by atoms with Crippen LogP contribution < -0.4 is 5.32 Å². The minimum Gasteiger partial charge on any atom is -0.358 e. The maximum Gasteiger partial charge on any atom is 0.0456 e. The third kappa shape index (κ3) is 1.76. The van der Waals surface area contributed by atoms with Crippen LogP contribution in [0.3, 0.4) is 0 Å². The molecule has 1 aliphatic rings. The van der Waals surface area contributed by atoms with Gasteiger partial charge in [0.05, 0.1) is 0 Å². The van der Waals surface area contributed by atoms with Gasteiger partial charge in [-0.05, 0) is 35.6 Å². The van der Waals surface area contributed by atoms with Gasteiger partial charge in [-0.3, -0.25) is 0 Å². The third-order valence-electron chi connectivity index (χ3n) is 4.39. The van der Waals surface area contributed by atoms with Crippen LogP contribution >= 0.6 is 0 Å². The van der Waals surface area contributed by atoms with Crippen molar-refractivity contribution >= 4 is 10.9 Å². The van der Waals surface area contributed by atoms with Crippen LogP contribution in [-0.4, -0.2) is 11.5 Å². The van der Waals surface area contributed by atoms with E-state index < -0.39 is 0 Å². The monoisotopic (exact) mass is 262 g/mol. The first kappa shape index (κ1) is 11.7. The molecule has 0 spiro atoms. The Balaban J connectivity index is 1.84. The van der Waals surface area contributed by atoms with Crippen molar-refractivity contribution in [3.63, 3.8) is 0 Å². The molecule has 0 saturated carbocycles. The SMILES string of the molecule is CC1NCC(c2cc3ccccc3[nH]2)c2ccccc21. The normalized spacial score (nSPS) is 21.9. The minimum absolute atomic E-state index is 0.412. The second-order valence-corrected chi connectivity index (χ2v) is 5.62. The summed E-state index contributed by atoms with van der Waals surface area (Å²) in [6.45, 7) is 3.23. The summed E-state index contributed by atoms with van der Waals surface area (Å²) in [4.78, 5) is 3.58. The van der Waals surface area contributed by atoms with Crippen LogP contribution in [-0.2, 0) is 0 Å². The van der Waals surface area contributed by atoms with Crippen LogP contribution in [0.2, 0.25) is 0 Å². The summed E-state index contributed by atoms with van der Waals surface area (Å²) in [5.74, 6) is 0.412. The zero-order valence-electron chi connectivity index (χ0n) is 11.6. The van der Waals surface area contributed by atoms with Gasteiger partial charge in [0, 0.05) is 29.7 Å². The lowest BCUT2D eigenvalue weighted by molar-refractivity contribution is 0.505. The fraction of sp³-hybridized carbons (Fsp3) is 0.222. The summed E-state index contributed by atoms with van der Waals surface area (Å²) in [6.07, 6.45) is 0. The van der Waals surface area contributed by atoms with E-state index >= 15 is 0 Å². The molecule has 2 heterocycles. The van der Waals surface area contributed by atoms with Gasteiger partial charge in [-0.25, -0.2) is 0 Å². The zero-order valence-corrected chi connectivity index (χ0v) is 11.6. The number of H-pyrrole nitrogens is 1. The van der Waals surface area contributed by atoms with Gasteiger partial charge in [-0.15, -0.1) is 0 Å². The lowest BCUT2D eigenvalue weighted by Gasteiger charge is -2.30. The average Bonchev–Trinajstić information content (AvgIpc) is 2.91. The third-order valence-corrected chi connectivity index (χ3v) is 4.39. The molecule has 2 aromatic carbocycles. The smallest absolute Gasteiger partial charge is 0.0456 e. The molecule has 2 atom stereocenters. The van der Waals surface area contributed by atoms with E-state index in [1.165, 1.54) is 27.7 Å². The van der Waals surface area contributed by atoms with Crippen LogP contribution in [0, 0.1) is 0 Å². The number of hydrogen-bond donors (Lipinski definition) is 2. The van der Waals surface area contributed by atoms with Crippen molar-refractivity contribution in [3.8, 4) is 0 Å². The number of benzene rings is 2. The molecule has 3 aromatic rings. The molecule has 0 fully saturated rings. The first-order valence-corrected chi connectivity index (χ1v) is 7.23. The number of aromatic nitrogens is 1. The molecule has 2 unspecified atom stereocenters. The Labute approximate surface area is 118 Å². The number of fused-ring (bicyclic) bond motifs is 2. The van der Waals surface area contributed by atoms with Crippen molar-refractivity contribution in [3.05, 3.63) is 71.4 Å². The Morgan fingerprint density at radius 3 is 2.55 bits per heavy atom. The predicted molar refractivity (Wildman–Crippen MR) is 83.0 cm³/mol. The number of hydrogen-bond acceptors (Lipinski definition) is 1. The molecule has 0 bridgehead atoms. The maximum atomic E-state index is 3.61. The number of aromatic amines is 1. The van der Waals surface area contributed by atoms with E-state index in [0.717, 1.165) is 6.54 Å². The van der Waals surface area contributed by atoms with Crippen molar-refractivity contribution in [2.24, 2.45) is 0 Å². The predicted octanol–water partition coefficient (Wildman–Crippen LogP) is 3.96. The van der Waals surface area contributed by atoms with Gasteiger partial charge >= 0.3 is 0 Å². The van der Waals surface area contributed by atoms with Crippen LogP contribution in [0.4, 0.5) is 0 Å². The molecule has 0 amide bonds. The van der Waals surface area contributed by atoms with Crippen molar-refractivity contribution in [1.82, 2.24) is 10.3 Å². The van der Waals surface area contributed by atoms with Crippen molar-refractivity contribution < 1.29 is 0 Å². The van der Waals surface area contributed by atoms with E-state index in [-0.39, 0.29) is 0 Å². The van der Waals surface area contributed by atoms with E-state index in [2.05, 4.69) is 71.8 Å². The van der Waals surface area contributed by atoms with Gasteiger partial charge in [-0.2, -0.15) is 0 Å². The Morgan fingerprint density at radius 2 is 1.70 bits per heavy atom. The van der Waals surface area contributed by atoms with Gasteiger partial charge in [0.2, 0.25) is 0 Å². The Bertz CT molecular complexity index is 724. The highest BCUT2D eigenvalue weighted by atomic mass is 14.9. The molecule has 2 heteroatoms. The van der Waals surface area contributed by atoms with Crippen molar-refractivity contribution in [2.45, 2.75) is 18.9 Å². The molecule has 20 heavy (non-hydrogen) atoms. The van der Waals surface area contributed by atoms with Crippen LogP contribution in [0.25, 0.3) is 10.9 Å².